The van der Waals surface area contributed by atoms with Crippen molar-refractivity contribution in [2.75, 3.05) is 7.05 Å². The van der Waals surface area contributed by atoms with Gasteiger partial charge in [0, 0.05) is 28.9 Å². The van der Waals surface area contributed by atoms with E-state index in [4.69, 9.17) is 5.73 Å². The molecule has 1 heterocycles. The number of nitrogens with zero attached hydrogens (tertiary/aromatic N) is 1. The van der Waals surface area contributed by atoms with E-state index in [1.54, 1.807) is 0 Å². The number of hydrogen-bond acceptors (Lipinski definition) is 3. The summed E-state index contributed by atoms with van der Waals surface area (Å²) >= 11 is 1.85. The fourth-order valence-corrected chi connectivity index (χ4v) is 4.00. The first-order valence-electron chi connectivity index (χ1n) is 7.40. The highest BCUT2D eigenvalue weighted by molar-refractivity contribution is 7.12. The van der Waals surface area contributed by atoms with Crippen molar-refractivity contribution in [3.63, 3.8) is 0 Å². The molecule has 0 radical (unpaired) electrons. The third-order valence-corrected chi connectivity index (χ3v) is 5.74. The van der Waals surface area contributed by atoms with Crippen molar-refractivity contribution in [3.8, 4) is 0 Å². The maximum Gasteiger partial charge on any atom is 0.0274 e. The molecule has 0 saturated heterocycles. The topological polar surface area (TPSA) is 29.3 Å². The van der Waals surface area contributed by atoms with Crippen molar-refractivity contribution in [2.24, 2.45) is 11.1 Å². The first-order valence-corrected chi connectivity index (χ1v) is 8.21. The second kappa shape index (κ2) is 5.94. The van der Waals surface area contributed by atoms with Gasteiger partial charge >= 0.3 is 0 Å². The van der Waals surface area contributed by atoms with E-state index in [-0.39, 0.29) is 0 Å². The van der Waals surface area contributed by atoms with Crippen molar-refractivity contribution >= 4 is 11.3 Å². The van der Waals surface area contributed by atoms with Gasteiger partial charge in [-0.2, -0.15) is 0 Å². The normalized spacial score (nSPS) is 20.1. The van der Waals surface area contributed by atoms with Crippen molar-refractivity contribution in [1.29, 1.82) is 0 Å². The molecule has 1 aliphatic carbocycles. The summed E-state index contributed by atoms with van der Waals surface area (Å²) in [5.74, 6) is 0. The molecule has 1 aromatic rings. The molecule has 1 aliphatic rings. The lowest BCUT2D eigenvalue weighted by Gasteiger charge is -2.38. The SMILES string of the molecule is Cc1sc(CN)cc1CN(C)C1CCC(C)(C)CC1. The molecule has 0 amide bonds. The molecule has 0 aromatic carbocycles. The van der Waals surface area contributed by atoms with Gasteiger partial charge in [0.25, 0.3) is 0 Å². The summed E-state index contributed by atoms with van der Waals surface area (Å²) in [5.41, 5.74) is 7.76. The van der Waals surface area contributed by atoms with Crippen LogP contribution in [-0.2, 0) is 13.1 Å². The van der Waals surface area contributed by atoms with E-state index in [2.05, 4.69) is 38.8 Å². The monoisotopic (exact) mass is 280 g/mol. The highest BCUT2D eigenvalue weighted by Gasteiger charge is 2.28. The van der Waals surface area contributed by atoms with Gasteiger partial charge in [-0.1, -0.05) is 13.8 Å². The Balaban J connectivity index is 1.94. The van der Waals surface area contributed by atoms with Crippen LogP contribution in [0.3, 0.4) is 0 Å². The van der Waals surface area contributed by atoms with Gasteiger partial charge in [-0.3, -0.25) is 4.90 Å². The quantitative estimate of drug-likeness (QED) is 0.906. The van der Waals surface area contributed by atoms with Crippen LogP contribution >= 0.6 is 11.3 Å². The smallest absolute Gasteiger partial charge is 0.0274 e. The molecule has 2 N–H and O–H groups in total. The van der Waals surface area contributed by atoms with E-state index in [1.165, 1.54) is 41.0 Å². The molecule has 0 unspecified atom stereocenters. The lowest BCUT2D eigenvalue weighted by atomic mass is 9.75. The lowest BCUT2D eigenvalue weighted by Crippen LogP contribution is -2.36. The zero-order chi connectivity index (χ0) is 14.0. The molecule has 1 saturated carbocycles. The van der Waals surface area contributed by atoms with Crippen LogP contribution in [0.4, 0.5) is 0 Å². The zero-order valence-corrected chi connectivity index (χ0v) is 13.6. The molecular formula is C16H28N2S. The summed E-state index contributed by atoms with van der Waals surface area (Å²) in [4.78, 5) is 5.29. The first-order chi connectivity index (χ1) is 8.91. The fourth-order valence-electron chi connectivity index (χ4n) is 3.07. The van der Waals surface area contributed by atoms with Gasteiger partial charge < -0.3 is 5.73 Å². The maximum absolute atomic E-state index is 5.73. The van der Waals surface area contributed by atoms with E-state index in [0.29, 0.717) is 12.0 Å². The summed E-state index contributed by atoms with van der Waals surface area (Å²) in [6.07, 6.45) is 5.41. The Morgan fingerprint density at radius 3 is 2.53 bits per heavy atom. The molecule has 2 rings (SSSR count). The van der Waals surface area contributed by atoms with Crippen LogP contribution in [0.25, 0.3) is 0 Å². The van der Waals surface area contributed by atoms with E-state index >= 15 is 0 Å². The third kappa shape index (κ3) is 3.80. The van der Waals surface area contributed by atoms with Gasteiger partial charge in [0.1, 0.15) is 0 Å². The van der Waals surface area contributed by atoms with Gasteiger partial charge in [0.05, 0.1) is 0 Å². The number of thiophene rings is 1. The molecule has 19 heavy (non-hydrogen) atoms. The Kier molecular flexibility index (Phi) is 4.70. The van der Waals surface area contributed by atoms with Crippen LogP contribution in [0, 0.1) is 12.3 Å². The van der Waals surface area contributed by atoms with Crippen LogP contribution in [0.5, 0.6) is 0 Å². The van der Waals surface area contributed by atoms with Crippen molar-refractivity contribution in [1.82, 2.24) is 4.90 Å². The molecule has 0 aliphatic heterocycles. The van der Waals surface area contributed by atoms with Crippen molar-refractivity contribution < 1.29 is 0 Å². The largest absolute Gasteiger partial charge is 0.326 e. The second-order valence-corrected chi connectivity index (χ2v) is 8.15. The van der Waals surface area contributed by atoms with Crippen molar-refractivity contribution in [3.05, 3.63) is 21.4 Å². The highest BCUT2D eigenvalue weighted by Crippen LogP contribution is 2.37. The predicted molar refractivity (Wildman–Crippen MR) is 84.5 cm³/mol. The molecular weight excluding hydrogens is 252 g/mol. The summed E-state index contributed by atoms with van der Waals surface area (Å²) < 4.78 is 0. The maximum atomic E-state index is 5.73. The van der Waals surface area contributed by atoms with Crippen LogP contribution < -0.4 is 5.73 Å². The third-order valence-electron chi connectivity index (χ3n) is 4.62. The minimum Gasteiger partial charge on any atom is -0.326 e. The summed E-state index contributed by atoms with van der Waals surface area (Å²) in [6, 6.07) is 3.05. The predicted octanol–water partition coefficient (Wildman–Crippen LogP) is 3.92. The minimum absolute atomic E-state index is 0.558. The van der Waals surface area contributed by atoms with E-state index in [0.717, 1.165) is 12.6 Å². The van der Waals surface area contributed by atoms with Crippen LogP contribution in [0.15, 0.2) is 6.07 Å². The Morgan fingerprint density at radius 2 is 2.00 bits per heavy atom. The average Bonchev–Trinajstić information content (AvgIpc) is 2.70. The van der Waals surface area contributed by atoms with Crippen LogP contribution in [0.2, 0.25) is 0 Å². The number of nitrogens with two attached hydrogens (primary N) is 1. The molecule has 0 bridgehead atoms. The Bertz CT molecular complexity index is 412. The summed E-state index contributed by atoms with van der Waals surface area (Å²) in [5, 5.41) is 0. The highest BCUT2D eigenvalue weighted by atomic mass is 32.1. The van der Waals surface area contributed by atoms with Crippen LogP contribution in [-0.4, -0.2) is 18.0 Å². The molecule has 2 nitrogen and oxygen atoms in total. The fraction of sp³-hybridized carbons (Fsp3) is 0.750. The van der Waals surface area contributed by atoms with E-state index < -0.39 is 0 Å². The van der Waals surface area contributed by atoms with Gasteiger partial charge in [-0.15, -0.1) is 11.3 Å². The zero-order valence-electron chi connectivity index (χ0n) is 12.8. The molecule has 1 aromatic heterocycles. The Hall–Kier alpha value is -0.380. The van der Waals surface area contributed by atoms with E-state index in [9.17, 15) is 0 Å². The summed E-state index contributed by atoms with van der Waals surface area (Å²) in [6.45, 7) is 8.77. The van der Waals surface area contributed by atoms with Crippen LogP contribution in [0.1, 0.15) is 54.8 Å². The molecule has 3 heteroatoms. The van der Waals surface area contributed by atoms with Gasteiger partial charge in [-0.25, -0.2) is 0 Å². The lowest BCUT2D eigenvalue weighted by molar-refractivity contribution is 0.123. The van der Waals surface area contributed by atoms with E-state index in [1.807, 2.05) is 11.3 Å². The van der Waals surface area contributed by atoms with Gasteiger partial charge in [0.15, 0.2) is 0 Å². The van der Waals surface area contributed by atoms with Crippen molar-refractivity contribution in [2.45, 2.75) is 65.6 Å². The average molecular weight is 280 g/mol. The number of aryl methyl sites for hydroxylation is 1. The molecule has 0 atom stereocenters. The number of rotatable bonds is 4. The second-order valence-electron chi connectivity index (χ2n) is 6.81. The Labute approximate surface area is 122 Å². The Morgan fingerprint density at radius 1 is 1.37 bits per heavy atom. The van der Waals surface area contributed by atoms with Gasteiger partial charge in [0.2, 0.25) is 0 Å². The molecule has 1 fully saturated rings. The molecule has 108 valence electrons. The number of hydrogen-bond donors (Lipinski definition) is 1. The standard InChI is InChI=1S/C16H28N2S/c1-12-13(9-15(10-17)19-12)11-18(4)14-5-7-16(2,3)8-6-14/h9,14H,5-8,10-11,17H2,1-4H3. The summed E-state index contributed by atoms with van der Waals surface area (Å²) in [7, 11) is 2.28. The molecule has 0 spiro atoms. The van der Waals surface area contributed by atoms with Gasteiger partial charge in [-0.05, 0) is 56.7 Å². The first kappa shape index (κ1) is 15.0. The minimum atomic E-state index is 0.558.